The minimum absolute atomic E-state index is 0.000710. The third-order valence-electron chi connectivity index (χ3n) is 6.02. The Morgan fingerprint density at radius 3 is 2.44 bits per heavy atom. The van der Waals surface area contributed by atoms with Crippen molar-refractivity contribution in [2.24, 2.45) is 0 Å². The quantitative estimate of drug-likeness (QED) is 0.748. The molecule has 2 aliphatic rings. The average Bonchev–Trinajstić information content (AvgIpc) is 2.81. The van der Waals surface area contributed by atoms with Crippen molar-refractivity contribution in [3.05, 3.63) is 54.1 Å². The average molecular weight is 439 g/mol. The van der Waals surface area contributed by atoms with Crippen molar-refractivity contribution in [2.45, 2.75) is 51.3 Å². The number of carbonyl (C=O) groups is 2. The molecule has 170 valence electrons. The zero-order valence-electron chi connectivity index (χ0n) is 18.6. The van der Waals surface area contributed by atoms with Crippen LogP contribution in [0.2, 0.25) is 0 Å². The second-order valence-electron chi connectivity index (χ2n) is 8.45. The standard InChI is InChI=1S/C25H30N2O5/c1-17-6-5-7-18(2)27(17)24(28)16-30-20-12-10-19(11-13-20)25(29)26-14-21-15-31-22-8-3-4-9-23(22)32-21/h3-4,8-13,17-18,21H,5-7,14-16H2,1-2H3,(H,26,29). The lowest BCUT2D eigenvalue weighted by Crippen LogP contribution is -2.49. The van der Waals surface area contributed by atoms with Crippen LogP contribution in [0.5, 0.6) is 17.2 Å². The van der Waals surface area contributed by atoms with Gasteiger partial charge in [-0.1, -0.05) is 12.1 Å². The number of nitrogens with zero attached hydrogens (tertiary/aromatic N) is 1. The van der Waals surface area contributed by atoms with Gasteiger partial charge in [0, 0.05) is 17.6 Å². The first-order chi connectivity index (χ1) is 15.5. The van der Waals surface area contributed by atoms with Crippen LogP contribution in [0.1, 0.15) is 43.5 Å². The third-order valence-corrected chi connectivity index (χ3v) is 6.02. The molecule has 3 atom stereocenters. The van der Waals surface area contributed by atoms with Gasteiger partial charge in [0.1, 0.15) is 18.5 Å². The summed E-state index contributed by atoms with van der Waals surface area (Å²) in [6.45, 7) is 4.90. The molecule has 7 nitrogen and oxygen atoms in total. The predicted octanol–water partition coefficient (Wildman–Crippen LogP) is 3.42. The summed E-state index contributed by atoms with van der Waals surface area (Å²) in [5, 5.41) is 2.88. The summed E-state index contributed by atoms with van der Waals surface area (Å²) in [4.78, 5) is 27.0. The minimum atomic E-state index is -0.248. The lowest BCUT2D eigenvalue weighted by molar-refractivity contribution is -0.139. The molecule has 2 aromatic carbocycles. The first-order valence-electron chi connectivity index (χ1n) is 11.2. The van der Waals surface area contributed by atoms with E-state index in [0.717, 1.165) is 19.3 Å². The number of carbonyl (C=O) groups excluding carboxylic acids is 2. The Labute approximate surface area is 188 Å². The monoisotopic (exact) mass is 438 g/mol. The number of ether oxygens (including phenoxy) is 3. The van der Waals surface area contributed by atoms with Crippen LogP contribution in [-0.4, -0.2) is 54.7 Å². The highest BCUT2D eigenvalue weighted by atomic mass is 16.6. The highest BCUT2D eigenvalue weighted by Crippen LogP contribution is 2.30. The zero-order valence-corrected chi connectivity index (χ0v) is 18.6. The molecule has 0 spiro atoms. The predicted molar refractivity (Wildman–Crippen MR) is 120 cm³/mol. The number of fused-ring (bicyclic) bond motifs is 1. The summed E-state index contributed by atoms with van der Waals surface area (Å²) in [7, 11) is 0. The maximum absolute atomic E-state index is 12.6. The SMILES string of the molecule is CC1CCCC(C)N1C(=O)COc1ccc(C(=O)NCC2COc3ccccc3O2)cc1. The first-order valence-corrected chi connectivity index (χ1v) is 11.2. The molecule has 1 N–H and O–H groups in total. The third kappa shape index (κ3) is 5.15. The van der Waals surface area contributed by atoms with E-state index in [4.69, 9.17) is 14.2 Å². The van der Waals surface area contributed by atoms with Gasteiger partial charge in [0.05, 0.1) is 6.54 Å². The normalized spacial score (nSPS) is 22.2. The van der Waals surface area contributed by atoms with Crippen molar-refractivity contribution in [1.82, 2.24) is 10.2 Å². The van der Waals surface area contributed by atoms with Gasteiger partial charge in [-0.15, -0.1) is 0 Å². The number of hydrogen-bond acceptors (Lipinski definition) is 5. The molecule has 0 saturated carbocycles. The molecule has 2 aromatic rings. The first kappa shape index (κ1) is 22.0. The lowest BCUT2D eigenvalue weighted by atomic mass is 9.97. The molecular formula is C25H30N2O5. The van der Waals surface area contributed by atoms with Crippen molar-refractivity contribution in [2.75, 3.05) is 19.8 Å². The van der Waals surface area contributed by atoms with E-state index in [2.05, 4.69) is 19.2 Å². The van der Waals surface area contributed by atoms with Gasteiger partial charge >= 0.3 is 0 Å². The van der Waals surface area contributed by atoms with Gasteiger partial charge in [0.15, 0.2) is 18.1 Å². The summed E-state index contributed by atoms with van der Waals surface area (Å²) in [5.74, 6) is 1.76. The molecule has 4 rings (SSSR count). The molecule has 0 bridgehead atoms. The van der Waals surface area contributed by atoms with E-state index in [9.17, 15) is 9.59 Å². The number of para-hydroxylation sites is 2. The number of piperidine rings is 1. The van der Waals surface area contributed by atoms with E-state index in [1.54, 1.807) is 24.3 Å². The second kappa shape index (κ2) is 9.94. The van der Waals surface area contributed by atoms with Crippen LogP contribution in [0, 0.1) is 0 Å². The molecule has 0 aliphatic carbocycles. The van der Waals surface area contributed by atoms with Crippen LogP contribution < -0.4 is 19.5 Å². The van der Waals surface area contributed by atoms with Crippen molar-refractivity contribution in [3.8, 4) is 17.2 Å². The molecule has 2 heterocycles. The number of nitrogens with one attached hydrogen (secondary N) is 1. The molecule has 32 heavy (non-hydrogen) atoms. The number of benzene rings is 2. The Hall–Kier alpha value is -3.22. The molecule has 2 amide bonds. The molecule has 7 heteroatoms. The summed E-state index contributed by atoms with van der Waals surface area (Å²) in [5.41, 5.74) is 0.513. The van der Waals surface area contributed by atoms with Gasteiger partial charge in [-0.3, -0.25) is 9.59 Å². The van der Waals surface area contributed by atoms with Crippen molar-refractivity contribution < 1.29 is 23.8 Å². The van der Waals surface area contributed by atoms with E-state index in [1.807, 2.05) is 29.2 Å². The Kier molecular flexibility index (Phi) is 6.83. The van der Waals surface area contributed by atoms with Crippen LogP contribution in [-0.2, 0) is 4.79 Å². The summed E-state index contributed by atoms with van der Waals surface area (Å²) < 4.78 is 17.2. The fourth-order valence-corrected chi connectivity index (χ4v) is 4.31. The zero-order chi connectivity index (χ0) is 22.5. The molecule has 0 aromatic heterocycles. The molecule has 2 aliphatic heterocycles. The van der Waals surface area contributed by atoms with E-state index >= 15 is 0 Å². The number of hydrogen-bond donors (Lipinski definition) is 1. The van der Waals surface area contributed by atoms with E-state index in [1.165, 1.54) is 0 Å². The summed E-state index contributed by atoms with van der Waals surface area (Å²) in [6, 6.07) is 14.8. The van der Waals surface area contributed by atoms with Crippen LogP contribution in [0.15, 0.2) is 48.5 Å². The van der Waals surface area contributed by atoms with Gasteiger partial charge < -0.3 is 24.4 Å². The summed E-state index contributed by atoms with van der Waals surface area (Å²) in [6.07, 6.45) is 2.97. The molecule has 3 unspecified atom stereocenters. The second-order valence-corrected chi connectivity index (χ2v) is 8.45. The van der Waals surface area contributed by atoms with Crippen molar-refractivity contribution in [3.63, 3.8) is 0 Å². The highest BCUT2D eigenvalue weighted by Gasteiger charge is 2.29. The van der Waals surface area contributed by atoms with Crippen molar-refractivity contribution >= 4 is 11.8 Å². The maximum atomic E-state index is 12.6. The Bertz CT molecular complexity index is 936. The smallest absolute Gasteiger partial charge is 0.260 e. The number of likely N-dealkylation sites (tertiary alicyclic amines) is 1. The van der Waals surface area contributed by atoms with Crippen LogP contribution >= 0.6 is 0 Å². The van der Waals surface area contributed by atoms with Gasteiger partial charge in [-0.05, 0) is 69.5 Å². The minimum Gasteiger partial charge on any atom is -0.486 e. The number of amides is 2. The van der Waals surface area contributed by atoms with Gasteiger partial charge in [-0.2, -0.15) is 0 Å². The van der Waals surface area contributed by atoms with Gasteiger partial charge in [0.25, 0.3) is 11.8 Å². The highest BCUT2D eigenvalue weighted by molar-refractivity contribution is 5.94. The fourth-order valence-electron chi connectivity index (χ4n) is 4.31. The summed E-state index contributed by atoms with van der Waals surface area (Å²) >= 11 is 0. The van der Waals surface area contributed by atoms with E-state index < -0.39 is 0 Å². The molecule has 1 fully saturated rings. The lowest BCUT2D eigenvalue weighted by Gasteiger charge is -2.38. The van der Waals surface area contributed by atoms with E-state index in [-0.39, 0.29) is 36.6 Å². The molecular weight excluding hydrogens is 408 g/mol. The number of rotatable bonds is 6. The molecule has 1 saturated heterocycles. The van der Waals surface area contributed by atoms with Gasteiger partial charge in [0.2, 0.25) is 0 Å². The van der Waals surface area contributed by atoms with Gasteiger partial charge in [-0.25, -0.2) is 0 Å². The topological polar surface area (TPSA) is 77.1 Å². The molecule has 0 radical (unpaired) electrons. The Morgan fingerprint density at radius 2 is 1.72 bits per heavy atom. The van der Waals surface area contributed by atoms with E-state index in [0.29, 0.717) is 36.0 Å². The van der Waals surface area contributed by atoms with Crippen LogP contribution in [0.4, 0.5) is 0 Å². The van der Waals surface area contributed by atoms with Crippen molar-refractivity contribution in [1.29, 1.82) is 0 Å². The van der Waals surface area contributed by atoms with Crippen LogP contribution in [0.3, 0.4) is 0 Å². The largest absolute Gasteiger partial charge is 0.486 e. The fraction of sp³-hybridized carbons (Fsp3) is 0.440. The maximum Gasteiger partial charge on any atom is 0.260 e. The Morgan fingerprint density at radius 1 is 1.03 bits per heavy atom. The van der Waals surface area contributed by atoms with Crippen LogP contribution in [0.25, 0.3) is 0 Å². The Balaban J connectivity index is 1.24.